The Labute approximate surface area is 103 Å². The molecule has 0 atom stereocenters. The zero-order valence-corrected chi connectivity index (χ0v) is 9.84. The lowest BCUT2D eigenvalue weighted by molar-refractivity contribution is 0.0759. The minimum absolute atomic E-state index is 0.0291. The second-order valence-electron chi connectivity index (χ2n) is 3.54. The summed E-state index contributed by atoms with van der Waals surface area (Å²) in [6.45, 7) is -0.729. The first-order valence-corrected chi connectivity index (χ1v) is 5.28. The molecular formula is C11H14F2N2O3. The minimum Gasteiger partial charge on any atom is -0.472 e. The highest BCUT2D eigenvalue weighted by Gasteiger charge is 2.13. The third-order valence-corrected chi connectivity index (χ3v) is 2.12. The van der Waals surface area contributed by atoms with Gasteiger partial charge in [0.2, 0.25) is 5.88 Å². The monoisotopic (exact) mass is 260 g/mol. The van der Waals surface area contributed by atoms with Crippen LogP contribution in [0.4, 0.5) is 8.78 Å². The Balaban J connectivity index is 2.72. The fraction of sp³-hybridized carbons (Fsp3) is 0.455. The average Bonchev–Trinajstić information content (AvgIpc) is 2.36. The molecule has 100 valence electrons. The number of pyridine rings is 1. The SMILES string of the molecule is CN(CCO)C(=O)c1ccnc(OCC(F)F)c1. The Morgan fingerprint density at radius 2 is 2.33 bits per heavy atom. The number of hydrogen-bond donors (Lipinski definition) is 1. The van der Waals surface area contributed by atoms with Crippen LogP contribution < -0.4 is 4.74 Å². The van der Waals surface area contributed by atoms with Gasteiger partial charge in [0, 0.05) is 31.4 Å². The second kappa shape index (κ2) is 6.85. The van der Waals surface area contributed by atoms with E-state index in [0.717, 1.165) is 0 Å². The maximum absolute atomic E-state index is 12.0. The van der Waals surface area contributed by atoms with Gasteiger partial charge in [-0.2, -0.15) is 0 Å². The molecule has 0 spiro atoms. The van der Waals surface area contributed by atoms with Gasteiger partial charge in [0.1, 0.15) is 0 Å². The van der Waals surface area contributed by atoms with Gasteiger partial charge in [0.25, 0.3) is 12.3 Å². The Kier molecular flexibility index (Phi) is 5.44. The van der Waals surface area contributed by atoms with E-state index in [1.165, 1.54) is 30.3 Å². The summed E-state index contributed by atoms with van der Waals surface area (Å²) in [5.41, 5.74) is 0.269. The second-order valence-corrected chi connectivity index (χ2v) is 3.54. The summed E-state index contributed by atoms with van der Waals surface area (Å²) < 4.78 is 28.6. The van der Waals surface area contributed by atoms with Crippen molar-refractivity contribution in [2.45, 2.75) is 6.43 Å². The number of alkyl halides is 2. The van der Waals surface area contributed by atoms with Crippen molar-refractivity contribution in [3.05, 3.63) is 23.9 Å². The molecule has 1 amide bonds. The Morgan fingerprint density at radius 1 is 1.61 bits per heavy atom. The van der Waals surface area contributed by atoms with E-state index in [-0.39, 0.29) is 30.5 Å². The average molecular weight is 260 g/mol. The lowest BCUT2D eigenvalue weighted by atomic mass is 10.2. The van der Waals surface area contributed by atoms with Crippen LogP contribution in [0.3, 0.4) is 0 Å². The number of halogens is 2. The van der Waals surface area contributed by atoms with Crippen molar-refractivity contribution in [2.24, 2.45) is 0 Å². The van der Waals surface area contributed by atoms with E-state index >= 15 is 0 Å². The number of rotatable bonds is 6. The molecule has 1 heterocycles. The first kappa shape index (κ1) is 14.3. The number of aromatic nitrogens is 1. The predicted octanol–water partition coefficient (Wildman–Crippen LogP) is 0.790. The fourth-order valence-corrected chi connectivity index (χ4v) is 1.24. The molecule has 1 rings (SSSR count). The highest BCUT2D eigenvalue weighted by molar-refractivity contribution is 5.94. The van der Waals surface area contributed by atoms with E-state index in [0.29, 0.717) is 0 Å². The zero-order chi connectivity index (χ0) is 13.5. The van der Waals surface area contributed by atoms with Crippen LogP contribution in [0, 0.1) is 0 Å². The fourth-order valence-electron chi connectivity index (χ4n) is 1.24. The smallest absolute Gasteiger partial charge is 0.272 e. The van der Waals surface area contributed by atoms with Crippen LogP contribution in [0.15, 0.2) is 18.3 Å². The summed E-state index contributed by atoms with van der Waals surface area (Å²) in [5.74, 6) is -0.369. The van der Waals surface area contributed by atoms with Crippen molar-refractivity contribution < 1.29 is 23.4 Å². The van der Waals surface area contributed by atoms with E-state index in [2.05, 4.69) is 4.98 Å². The molecule has 0 fully saturated rings. The van der Waals surface area contributed by atoms with Crippen molar-refractivity contribution >= 4 is 5.91 Å². The third kappa shape index (κ3) is 4.25. The van der Waals surface area contributed by atoms with Gasteiger partial charge < -0.3 is 14.7 Å². The molecule has 0 saturated carbocycles. The molecule has 5 nitrogen and oxygen atoms in total. The molecule has 0 radical (unpaired) electrons. The van der Waals surface area contributed by atoms with Crippen LogP contribution in [0.2, 0.25) is 0 Å². The number of carbonyl (C=O) groups excluding carboxylic acids is 1. The van der Waals surface area contributed by atoms with Crippen LogP contribution in [0.5, 0.6) is 5.88 Å². The first-order valence-electron chi connectivity index (χ1n) is 5.28. The molecule has 0 bridgehead atoms. The summed E-state index contributed by atoms with van der Waals surface area (Å²) in [4.78, 5) is 16.8. The molecule has 7 heteroatoms. The standard InChI is InChI=1S/C11H14F2N2O3/c1-15(4-5-16)11(17)8-2-3-14-10(6-8)18-7-9(12)13/h2-3,6,9,16H,4-5,7H2,1H3. The molecule has 0 aliphatic heterocycles. The normalized spacial score (nSPS) is 10.5. The van der Waals surface area contributed by atoms with E-state index < -0.39 is 13.0 Å². The van der Waals surface area contributed by atoms with E-state index in [9.17, 15) is 13.6 Å². The van der Waals surface area contributed by atoms with Gasteiger partial charge in [-0.25, -0.2) is 13.8 Å². The number of likely N-dealkylation sites (N-methyl/N-ethyl adjacent to an activating group) is 1. The van der Waals surface area contributed by atoms with Gasteiger partial charge in [-0.3, -0.25) is 4.79 Å². The number of ether oxygens (including phenoxy) is 1. The van der Waals surface area contributed by atoms with Crippen LogP contribution >= 0.6 is 0 Å². The van der Waals surface area contributed by atoms with Crippen molar-refractivity contribution in [3.63, 3.8) is 0 Å². The summed E-state index contributed by atoms with van der Waals surface area (Å²) in [6.07, 6.45) is -1.29. The van der Waals surface area contributed by atoms with Gasteiger partial charge >= 0.3 is 0 Å². The topological polar surface area (TPSA) is 62.7 Å². The number of carbonyl (C=O) groups is 1. The highest BCUT2D eigenvalue weighted by atomic mass is 19.3. The van der Waals surface area contributed by atoms with E-state index in [4.69, 9.17) is 9.84 Å². The predicted molar refractivity (Wildman–Crippen MR) is 59.8 cm³/mol. The molecule has 0 unspecified atom stereocenters. The minimum atomic E-state index is -2.59. The molecule has 1 aromatic rings. The van der Waals surface area contributed by atoms with Gasteiger partial charge in [-0.05, 0) is 6.07 Å². The highest BCUT2D eigenvalue weighted by Crippen LogP contribution is 2.12. The third-order valence-electron chi connectivity index (χ3n) is 2.12. The maximum atomic E-state index is 12.0. The summed E-state index contributed by atoms with van der Waals surface area (Å²) >= 11 is 0. The van der Waals surface area contributed by atoms with Gasteiger partial charge in [0.05, 0.1) is 6.61 Å². The zero-order valence-electron chi connectivity index (χ0n) is 9.84. The van der Waals surface area contributed by atoms with Gasteiger partial charge in [0.15, 0.2) is 6.61 Å². The maximum Gasteiger partial charge on any atom is 0.272 e. The van der Waals surface area contributed by atoms with Gasteiger partial charge in [-0.15, -0.1) is 0 Å². The first-order chi connectivity index (χ1) is 8.54. The van der Waals surface area contributed by atoms with Crippen molar-refractivity contribution in [1.82, 2.24) is 9.88 Å². The number of aliphatic hydroxyl groups excluding tert-OH is 1. The molecule has 0 aliphatic carbocycles. The Hall–Kier alpha value is -1.76. The molecular weight excluding hydrogens is 246 g/mol. The molecule has 18 heavy (non-hydrogen) atoms. The number of amides is 1. The van der Waals surface area contributed by atoms with Crippen LogP contribution in [-0.4, -0.2) is 54.1 Å². The molecule has 1 aromatic heterocycles. The molecule has 0 aliphatic rings. The van der Waals surface area contributed by atoms with Crippen molar-refractivity contribution in [3.8, 4) is 5.88 Å². The summed E-state index contributed by atoms with van der Waals surface area (Å²) in [6, 6.07) is 2.74. The van der Waals surface area contributed by atoms with Gasteiger partial charge in [-0.1, -0.05) is 0 Å². The number of aliphatic hydroxyl groups is 1. The van der Waals surface area contributed by atoms with Crippen molar-refractivity contribution in [1.29, 1.82) is 0 Å². The number of nitrogens with zero attached hydrogens (tertiary/aromatic N) is 2. The van der Waals surface area contributed by atoms with E-state index in [1.807, 2.05) is 0 Å². The quantitative estimate of drug-likeness (QED) is 0.821. The Morgan fingerprint density at radius 3 is 2.94 bits per heavy atom. The summed E-state index contributed by atoms with van der Waals surface area (Å²) in [7, 11) is 1.53. The van der Waals surface area contributed by atoms with Crippen LogP contribution in [0.25, 0.3) is 0 Å². The van der Waals surface area contributed by atoms with Crippen LogP contribution in [-0.2, 0) is 0 Å². The summed E-state index contributed by atoms with van der Waals surface area (Å²) in [5, 5.41) is 8.72. The molecule has 0 saturated heterocycles. The van der Waals surface area contributed by atoms with Crippen LogP contribution in [0.1, 0.15) is 10.4 Å². The number of hydrogen-bond acceptors (Lipinski definition) is 4. The Bertz CT molecular complexity index is 402. The molecule has 1 N–H and O–H groups in total. The largest absolute Gasteiger partial charge is 0.472 e. The lowest BCUT2D eigenvalue weighted by Gasteiger charge is -2.15. The van der Waals surface area contributed by atoms with Crippen molar-refractivity contribution in [2.75, 3.05) is 26.8 Å². The lowest BCUT2D eigenvalue weighted by Crippen LogP contribution is -2.29. The van der Waals surface area contributed by atoms with E-state index in [1.54, 1.807) is 0 Å². The molecule has 0 aromatic carbocycles.